The normalized spacial score (nSPS) is 12.2. The Bertz CT molecular complexity index is 780. The third kappa shape index (κ3) is 4.90. The zero-order valence-electron chi connectivity index (χ0n) is 13.5. The molecule has 1 aromatic carbocycles. The Morgan fingerprint density at radius 2 is 1.73 bits per heavy atom. The summed E-state index contributed by atoms with van der Waals surface area (Å²) >= 11 is 0. The lowest BCUT2D eigenvalue weighted by molar-refractivity contribution is -0.274. The summed E-state index contributed by atoms with van der Waals surface area (Å²) in [5, 5.41) is 3.26. The van der Waals surface area contributed by atoms with E-state index in [0.29, 0.717) is 5.56 Å². The van der Waals surface area contributed by atoms with Crippen molar-refractivity contribution in [3.63, 3.8) is 0 Å². The van der Waals surface area contributed by atoms with Gasteiger partial charge in [0, 0.05) is 26.8 Å². The fraction of sp³-hybridized carbons (Fsp3) is 0.333. The van der Waals surface area contributed by atoms with Crippen LogP contribution in [0.1, 0.15) is 21.6 Å². The summed E-state index contributed by atoms with van der Waals surface area (Å²) in [6, 6.07) is 4.65. The van der Waals surface area contributed by atoms with Crippen LogP contribution in [-0.4, -0.2) is 34.0 Å². The first-order valence-corrected chi connectivity index (χ1v) is 7.08. The number of ether oxygens (including phenoxy) is 1. The van der Waals surface area contributed by atoms with Gasteiger partial charge in [-0.25, -0.2) is 0 Å². The van der Waals surface area contributed by atoms with Crippen LogP contribution < -0.4 is 4.74 Å². The van der Waals surface area contributed by atoms with Crippen molar-refractivity contribution in [2.24, 2.45) is 7.05 Å². The molecule has 1 aromatic heterocycles. The zero-order valence-corrected chi connectivity index (χ0v) is 13.5. The number of halogens is 6. The number of amides is 1. The van der Waals surface area contributed by atoms with E-state index in [2.05, 4.69) is 9.84 Å². The van der Waals surface area contributed by atoms with Gasteiger partial charge in [0.15, 0.2) is 5.69 Å². The molecule has 11 heteroatoms. The second-order valence-corrected chi connectivity index (χ2v) is 5.42. The van der Waals surface area contributed by atoms with E-state index >= 15 is 0 Å². The fourth-order valence-corrected chi connectivity index (χ4v) is 2.20. The molecular formula is C15H13F6N3O2. The molecule has 0 saturated carbocycles. The van der Waals surface area contributed by atoms with E-state index in [1.54, 1.807) is 0 Å². The number of hydrogen-bond donors (Lipinski definition) is 0. The van der Waals surface area contributed by atoms with Crippen molar-refractivity contribution in [3.05, 3.63) is 47.3 Å². The molecule has 0 aliphatic rings. The minimum atomic E-state index is -4.83. The SMILES string of the molecule is CN(Cc1ccc(OC(F)(F)F)cc1)C(=O)c1cn(C)nc1C(F)(F)F. The first-order valence-electron chi connectivity index (χ1n) is 7.08. The molecule has 0 bridgehead atoms. The quantitative estimate of drug-likeness (QED) is 0.761. The lowest BCUT2D eigenvalue weighted by atomic mass is 10.1. The Kier molecular flexibility index (Phi) is 5.19. The van der Waals surface area contributed by atoms with Crippen molar-refractivity contribution in [2.45, 2.75) is 19.1 Å². The Morgan fingerprint density at radius 3 is 2.23 bits per heavy atom. The van der Waals surface area contributed by atoms with Crippen LogP contribution in [0, 0.1) is 0 Å². The van der Waals surface area contributed by atoms with Gasteiger partial charge >= 0.3 is 12.5 Å². The Labute approximate surface area is 143 Å². The van der Waals surface area contributed by atoms with Gasteiger partial charge in [0.2, 0.25) is 0 Å². The lowest BCUT2D eigenvalue weighted by Crippen LogP contribution is -2.28. The highest BCUT2D eigenvalue weighted by molar-refractivity contribution is 5.95. The topological polar surface area (TPSA) is 47.4 Å². The van der Waals surface area contributed by atoms with Crippen LogP contribution in [0.15, 0.2) is 30.5 Å². The lowest BCUT2D eigenvalue weighted by Gasteiger charge is -2.18. The van der Waals surface area contributed by atoms with E-state index in [1.165, 1.54) is 26.2 Å². The van der Waals surface area contributed by atoms with E-state index in [0.717, 1.165) is 27.9 Å². The van der Waals surface area contributed by atoms with Gasteiger partial charge in [-0.3, -0.25) is 9.48 Å². The van der Waals surface area contributed by atoms with Crippen LogP contribution in [0.2, 0.25) is 0 Å². The van der Waals surface area contributed by atoms with Crippen LogP contribution in [-0.2, 0) is 19.8 Å². The molecule has 26 heavy (non-hydrogen) atoms. The van der Waals surface area contributed by atoms with Crippen molar-refractivity contribution in [1.82, 2.24) is 14.7 Å². The average Bonchev–Trinajstić information content (AvgIpc) is 2.89. The molecule has 2 rings (SSSR count). The number of benzene rings is 1. The molecular weight excluding hydrogens is 368 g/mol. The highest BCUT2D eigenvalue weighted by Crippen LogP contribution is 2.31. The first-order chi connectivity index (χ1) is 11.9. The second kappa shape index (κ2) is 6.89. The van der Waals surface area contributed by atoms with Gasteiger partial charge in [-0.2, -0.15) is 18.3 Å². The van der Waals surface area contributed by atoms with E-state index in [4.69, 9.17) is 0 Å². The van der Waals surface area contributed by atoms with Crippen LogP contribution in [0.3, 0.4) is 0 Å². The first kappa shape index (κ1) is 19.6. The maximum atomic E-state index is 12.9. The molecule has 1 heterocycles. The van der Waals surface area contributed by atoms with Crippen molar-refractivity contribution in [1.29, 1.82) is 0 Å². The molecule has 0 aliphatic carbocycles. The van der Waals surface area contributed by atoms with Crippen molar-refractivity contribution in [2.75, 3.05) is 7.05 Å². The Hall–Kier alpha value is -2.72. The number of rotatable bonds is 4. The van der Waals surface area contributed by atoms with Gasteiger partial charge in [0.05, 0.1) is 5.56 Å². The number of alkyl halides is 6. The Balaban J connectivity index is 2.13. The summed E-state index contributed by atoms with van der Waals surface area (Å²) < 4.78 is 79.7. The van der Waals surface area contributed by atoms with Crippen molar-refractivity contribution >= 4 is 5.91 Å². The standard InChI is InChI=1S/C15H13F6N3O2/c1-23(7-9-3-5-10(6-4-9)26-15(19,20)21)13(25)11-8-24(2)22-12(11)14(16,17)18/h3-6,8H,7H2,1-2H3. The number of aryl methyl sites for hydroxylation is 1. The fourth-order valence-electron chi connectivity index (χ4n) is 2.20. The maximum absolute atomic E-state index is 12.9. The third-order valence-corrected chi connectivity index (χ3v) is 3.25. The number of nitrogens with zero attached hydrogens (tertiary/aromatic N) is 3. The molecule has 0 saturated heterocycles. The summed E-state index contributed by atoms with van der Waals surface area (Å²) in [6.07, 6.45) is -8.66. The summed E-state index contributed by atoms with van der Waals surface area (Å²) in [5.74, 6) is -1.36. The minimum absolute atomic E-state index is 0.114. The van der Waals surface area contributed by atoms with Crippen LogP contribution >= 0.6 is 0 Å². The molecule has 0 fully saturated rings. The number of carbonyl (C=O) groups excluding carboxylic acids is 1. The van der Waals surface area contributed by atoms with E-state index in [1.807, 2.05) is 0 Å². The smallest absolute Gasteiger partial charge is 0.406 e. The number of carbonyl (C=O) groups is 1. The van der Waals surface area contributed by atoms with Crippen LogP contribution in [0.4, 0.5) is 26.3 Å². The maximum Gasteiger partial charge on any atom is 0.573 e. The van der Waals surface area contributed by atoms with Gasteiger partial charge in [0.1, 0.15) is 5.75 Å². The predicted molar refractivity (Wildman–Crippen MR) is 77.1 cm³/mol. The molecule has 5 nitrogen and oxygen atoms in total. The Morgan fingerprint density at radius 1 is 1.15 bits per heavy atom. The average molecular weight is 381 g/mol. The molecule has 0 unspecified atom stereocenters. The van der Waals surface area contributed by atoms with E-state index < -0.39 is 35.5 Å². The minimum Gasteiger partial charge on any atom is -0.406 e. The molecule has 1 amide bonds. The van der Waals surface area contributed by atoms with Gasteiger partial charge in [-0.1, -0.05) is 12.1 Å². The number of hydrogen-bond acceptors (Lipinski definition) is 3. The highest BCUT2D eigenvalue weighted by atomic mass is 19.4. The summed E-state index contributed by atoms with van der Waals surface area (Å²) in [5.41, 5.74) is -1.50. The zero-order chi connectivity index (χ0) is 19.7. The van der Waals surface area contributed by atoms with Crippen molar-refractivity contribution < 1.29 is 35.9 Å². The molecule has 0 aliphatic heterocycles. The van der Waals surface area contributed by atoms with Crippen LogP contribution in [0.5, 0.6) is 5.75 Å². The van der Waals surface area contributed by atoms with Crippen molar-refractivity contribution in [3.8, 4) is 5.75 Å². The predicted octanol–water partition coefficient (Wildman–Crippen LogP) is 3.61. The third-order valence-electron chi connectivity index (χ3n) is 3.25. The second-order valence-electron chi connectivity index (χ2n) is 5.42. The molecule has 142 valence electrons. The van der Waals surface area contributed by atoms with Gasteiger partial charge in [0.25, 0.3) is 5.91 Å². The summed E-state index contributed by atoms with van der Waals surface area (Å²) in [4.78, 5) is 13.3. The van der Waals surface area contributed by atoms with Crippen LogP contribution in [0.25, 0.3) is 0 Å². The molecule has 0 radical (unpaired) electrons. The van der Waals surface area contributed by atoms with E-state index in [-0.39, 0.29) is 6.54 Å². The largest absolute Gasteiger partial charge is 0.573 e. The summed E-state index contributed by atoms with van der Waals surface area (Å²) in [6.45, 7) is -0.114. The van der Waals surface area contributed by atoms with E-state index in [9.17, 15) is 31.1 Å². The molecule has 0 spiro atoms. The summed E-state index contributed by atoms with van der Waals surface area (Å²) in [7, 11) is 2.53. The monoisotopic (exact) mass is 381 g/mol. The van der Waals surface area contributed by atoms with Gasteiger partial charge in [-0.05, 0) is 17.7 Å². The van der Waals surface area contributed by atoms with Gasteiger partial charge in [-0.15, -0.1) is 13.2 Å². The molecule has 0 N–H and O–H groups in total. The highest BCUT2D eigenvalue weighted by Gasteiger charge is 2.39. The number of aromatic nitrogens is 2. The molecule has 0 atom stereocenters. The molecule has 2 aromatic rings. The van der Waals surface area contributed by atoms with Gasteiger partial charge < -0.3 is 9.64 Å².